The number of rotatable bonds is 2. The van der Waals surface area contributed by atoms with E-state index in [0.29, 0.717) is 6.04 Å². The van der Waals surface area contributed by atoms with Crippen LogP contribution in [0.4, 0.5) is 0 Å². The maximum atomic E-state index is 11.4. The standard InChI is InChI=1S/C13H22N2OS/c1-2-11-3-4-12(10-14)13(9-11)15-5-7-17(16)8-6-15/h11-13H,2-9H2,1H3. The Balaban J connectivity index is 2.00. The van der Waals surface area contributed by atoms with Gasteiger partial charge < -0.3 is 0 Å². The van der Waals surface area contributed by atoms with Crippen LogP contribution in [-0.2, 0) is 10.8 Å². The molecular formula is C13H22N2OS. The second kappa shape index (κ2) is 5.97. The summed E-state index contributed by atoms with van der Waals surface area (Å²) in [4.78, 5) is 2.43. The molecule has 0 aromatic rings. The van der Waals surface area contributed by atoms with Gasteiger partial charge in [0.1, 0.15) is 0 Å². The van der Waals surface area contributed by atoms with Crippen LogP contribution in [0.5, 0.6) is 0 Å². The zero-order valence-electron chi connectivity index (χ0n) is 10.6. The molecule has 0 N–H and O–H groups in total. The summed E-state index contributed by atoms with van der Waals surface area (Å²) in [5.41, 5.74) is 0. The Morgan fingerprint density at radius 3 is 2.65 bits per heavy atom. The van der Waals surface area contributed by atoms with Crippen molar-refractivity contribution in [1.29, 1.82) is 5.26 Å². The van der Waals surface area contributed by atoms with E-state index < -0.39 is 10.8 Å². The van der Waals surface area contributed by atoms with Crippen LogP contribution >= 0.6 is 0 Å². The third-order valence-electron chi connectivity index (χ3n) is 4.35. The first-order valence-electron chi connectivity index (χ1n) is 6.73. The van der Waals surface area contributed by atoms with Gasteiger partial charge in [-0.25, -0.2) is 0 Å². The van der Waals surface area contributed by atoms with Gasteiger partial charge in [-0.05, 0) is 25.2 Å². The molecule has 2 fully saturated rings. The van der Waals surface area contributed by atoms with Gasteiger partial charge in [0.15, 0.2) is 0 Å². The lowest BCUT2D eigenvalue weighted by molar-refractivity contribution is 0.108. The Hall–Kier alpha value is -0.400. The Morgan fingerprint density at radius 1 is 1.35 bits per heavy atom. The van der Waals surface area contributed by atoms with E-state index >= 15 is 0 Å². The lowest BCUT2D eigenvalue weighted by atomic mass is 9.77. The predicted molar refractivity (Wildman–Crippen MR) is 70.0 cm³/mol. The van der Waals surface area contributed by atoms with Crippen LogP contribution in [0.15, 0.2) is 0 Å². The largest absolute Gasteiger partial charge is 0.297 e. The number of hydrogen-bond donors (Lipinski definition) is 0. The fourth-order valence-electron chi connectivity index (χ4n) is 3.14. The summed E-state index contributed by atoms with van der Waals surface area (Å²) in [6.45, 7) is 4.09. The van der Waals surface area contributed by atoms with Crippen molar-refractivity contribution >= 4 is 10.8 Å². The topological polar surface area (TPSA) is 44.1 Å². The summed E-state index contributed by atoms with van der Waals surface area (Å²) < 4.78 is 11.4. The van der Waals surface area contributed by atoms with E-state index in [9.17, 15) is 9.47 Å². The molecule has 0 bridgehead atoms. The van der Waals surface area contributed by atoms with Crippen LogP contribution in [0, 0.1) is 23.2 Å². The first kappa shape index (κ1) is 13.0. The molecule has 1 saturated heterocycles. The van der Waals surface area contributed by atoms with Crippen LogP contribution in [0.2, 0.25) is 0 Å². The van der Waals surface area contributed by atoms with Crippen molar-refractivity contribution < 1.29 is 4.21 Å². The Kier molecular flexibility index (Phi) is 4.58. The van der Waals surface area contributed by atoms with E-state index in [2.05, 4.69) is 17.9 Å². The maximum absolute atomic E-state index is 11.4. The van der Waals surface area contributed by atoms with E-state index in [1.54, 1.807) is 0 Å². The minimum absolute atomic E-state index is 0.198. The Morgan fingerprint density at radius 2 is 2.06 bits per heavy atom. The van der Waals surface area contributed by atoms with Crippen molar-refractivity contribution in [3.8, 4) is 6.07 Å². The normalized spacial score (nSPS) is 36.6. The Labute approximate surface area is 107 Å². The molecule has 0 spiro atoms. The van der Waals surface area contributed by atoms with E-state index in [1.807, 2.05) is 0 Å². The molecule has 96 valence electrons. The molecule has 0 aromatic carbocycles. The highest BCUT2D eigenvalue weighted by atomic mass is 32.2. The summed E-state index contributed by atoms with van der Waals surface area (Å²) in [6.07, 6.45) is 4.67. The predicted octanol–water partition coefficient (Wildman–Crippen LogP) is 1.77. The molecule has 3 unspecified atom stereocenters. The lowest BCUT2D eigenvalue weighted by Crippen LogP contribution is -2.49. The first-order chi connectivity index (χ1) is 8.24. The minimum Gasteiger partial charge on any atom is -0.297 e. The van der Waals surface area contributed by atoms with Gasteiger partial charge in [-0.3, -0.25) is 9.11 Å². The first-order valence-corrected chi connectivity index (χ1v) is 8.22. The van der Waals surface area contributed by atoms with Crippen LogP contribution in [0.25, 0.3) is 0 Å². The average molecular weight is 254 g/mol. The van der Waals surface area contributed by atoms with E-state index in [1.165, 1.54) is 19.3 Å². The number of hydrogen-bond acceptors (Lipinski definition) is 3. The average Bonchev–Trinajstić information content (AvgIpc) is 2.39. The highest BCUT2D eigenvalue weighted by Crippen LogP contribution is 2.34. The van der Waals surface area contributed by atoms with Crippen molar-refractivity contribution in [3.05, 3.63) is 0 Å². The fourth-order valence-corrected chi connectivity index (χ4v) is 4.22. The zero-order valence-corrected chi connectivity index (χ0v) is 11.4. The van der Waals surface area contributed by atoms with E-state index in [4.69, 9.17) is 0 Å². The molecule has 1 aliphatic heterocycles. The summed E-state index contributed by atoms with van der Waals surface area (Å²) in [5, 5.41) is 9.27. The molecule has 2 aliphatic rings. The molecule has 3 nitrogen and oxygen atoms in total. The van der Waals surface area contributed by atoms with Crippen LogP contribution < -0.4 is 0 Å². The summed E-state index contributed by atoms with van der Waals surface area (Å²) in [6, 6.07) is 2.92. The van der Waals surface area contributed by atoms with Gasteiger partial charge in [0.05, 0.1) is 12.0 Å². The molecule has 1 aliphatic carbocycles. The van der Waals surface area contributed by atoms with Gasteiger partial charge >= 0.3 is 0 Å². The smallest absolute Gasteiger partial charge is 0.0672 e. The molecule has 4 heteroatoms. The molecule has 1 saturated carbocycles. The summed E-state index contributed by atoms with van der Waals surface area (Å²) in [7, 11) is -0.614. The second-order valence-electron chi connectivity index (χ2n) is 5.27. The van der Waals surface area contributed by atoms with Gasteiger partial charge in [0.2, 0.25) is 0 Å². The molecule has 0 amide bonds. The molecular weight excluding hydrogens is 232 g/mol. The van der Waals surface area contributed by atoms with Crippen molar-refractivity contribution in [2.45, 2.75) is 38.6 Å². The molecule has 1 heterocycles. The van der Waals surface area contributed by atoms with Gasteiger partial charge in [-0.2, -0.15) is 5.26 Å². The second-order valence-corrected chi connectivity index (χ2v) is 6.97. The summed E-state index contributed by atoms with van der Waals surface area (Å²) >= 11 is 0. The molecule has 0 radical (unpaired) electrons. The van der Waals surface area contributed by atoms with Crippen LogP contribution in [0.1, 0.15) is 32.6 Å². The van der Waals surface area contributed by atoms with E-state index in [-0.39, 0.29) is 5.92 Å². The SMILES string of the molecule is CCC1CCC(C#N)C(N2CCS(=O)CC2)C1. The van der Waals surface area contributed by atoms with Crippen LogP contribution in [-0.4, -0.2) is 39.7 Å². The maximum Gasteiger partial charge on any atom is 0.0672 e. The van der Waals surface area contributed by atoms with Crippen molar-refractivity contribution in [1.82, 2.24) is 4.90 Å². The third-order valence-corrected chi connectivity index (χ3v) is 5.63. The fraction of sp³-hybridized carbons (Fsp3) is 0.923. The van der Waals surface area contributed by atoms with Crippen molar-refractivity contribution in [3.63, 3.8) is 0 Å². The Bertz CT molecular complexity index is 316. The monoisotopic (exact) mass is 254 g/mol. The highest BCUT2D eigenvalue weighted by molar-refractivity contribution is 7.85. The third kappa shape index (κ3) is 3.08. The molecule has 0 aromatic heterocycles. The quantitative estimate of drug-likeness (QED) is 0.754. The van der Waals surface area contributed by atoms with Crippen molar-refractivity contribution in [2.24, 2.45) is 11.8 Å². The van der Waals surface area contributed by atoms with E-state index in [0.717, 1.165) is 36.9 Å². The minimum atomic E-state index is -0.614. The molecule has 2 rings (SSSR count). The van der Waals surface area contributed by atoms with Crippen molar-refractivity contribution in [2.75, 3.05) is 24.6 Å². The van der Waals surface area contributed by atoms with Gasteiger partial charge in [-0.1, -0.05) is 13.3 Å². The van der Waals surface area contributed by atoms with Crippen LogP contribution in [0.3, 0.4) is 0 Å². The number of nitrogens with zero attached hydrogens (tertiary/aromatic N) is 2. The summed E-state index contributed by atoms with van der Waals surface area (Å²) in [5.74, 6) is 2.58. The zero-order chi connectivity index (χ0) is 12.3. The van der Waals surface area contributed by atoms with Gasteiger partial charge in [0, 0.05) is 41.4 Å². The molecule has 3 atom stereocenters. The van der Waals surface area contributed by atoms with Gasteiger partial charge in [0.25, 0.3) is 0 Å². The van der Waals surface area contributed by atoms with Gasteiger partial charge in [-0.15, -0.1) is 0 Å². The number of nitriles is 1. The lowest BCUT2D eigenvalue weighted by Gasteiger charge is -2.41. The highest BCUT2D eigenvalue weighted by Gasteiger charge is 2.34. The molecule has 17 heavy (non-hydrogen) atoms.